The fourth-order valence-corrected chi connectivity index (χ4v) is 6.19. The Balaban J connectivity index is 2.28. The topological polar surface area (TPSA) is 249 Å². The zero-order valence-electron chi connectivity index (χ0n) is 31.8. The number of imidazole rings is 1. The van der Waals surface area contributed by atoms with Crippen LogP contribution in [0, 0.1) is 32.1 Å². The van der Waals surface area contributed by atoms with E-state index in [0.29, 0.717) is 25.0 Å². The summed E-state index contributed by atoms with van der Waals surface area (Å²) in [6.45, 7) is 11.9. The van der Waals surface area contributed by atoms with Gasteiger partial charge in [-0.25, -0.2) is 14.6 Å². The number of hydrogen-bond acceptors (Lipinski definition) is 12. The quantitative estimate of drug-likeness (QED) is 0.126. The minimum atomic E-state index is -1.68. The fourth-order valence-electron chi connectivity index (χ4n) is 6.19. The summed E-state index contributed by atoms with van der Waals surface area (Å²) in [7, 11) is 1.19. The number of anilines is 1. The molecule has 0 bridgehead atoms. The average Bonchev–Trinajstić information content (AvgIpc) is 3.83. The van der Waals surface area contributed by atoms with Gasteiger partial charge in [-0.2, -0.15) is 0 Å². The van der Waals surface area contributed by atoms with Crippen LogP contribution in [-0.4, -0.2) is 97.9 Å². The van der Waals surface area contributed by atoms with Gasteiger partial charge in [0.1, 0.15) is 35.5 Å². The predicted octanol–water partition coefficient (Wildman–Crippen LogP) is 3.80. The number of para-hydroxylation sites is 1. The predicted molar refractivity (Wildman–Crippen MR) is 194 cm³/mol. The van der Waals surface area contributed by atoms with Crippen molar-refractivity contribution in [1.82, 2.24) is 25.5 Å². The van der Waals surface area contributed by atoms with Crippen LogP contribution in [0.5, 0.6) is 0 Å². The number of alkyl carbamates (subject to hydrolysis) is 1. The van der Waals surface area contributed by atoms with Crippen LogP contribution in [0.1, 0.15) is 79.8 Å². The molecule has 1 saturated heterocycles. The smallest absolute Gasteiger partial charge is 0.408 e. The minimum Gasteiger partial charge on any atom is -0.467 e. The lowest BCUT2D eigenvalue weighted by molar-refractivity contribution is -0.422. The van der Waals surface area contributed by atoms with Gasteiger partial charge in [0.25, 0.3) is 5.91 Å². The number of nitro groups is 2. The first kappa shape index (κ1) is 42.8. The van der Waals surface area contributed by atoms with E-state index in [9.17, 15) is 39.4 Å². The molecular weight excluding hydrogens is 708 g/mol. The van der Waals surface area contributed by atoms with Crippen molar-refractivity contribution in [2.24, 2.45) is 11.8 Å². The molecule has 1 aromatic carbocycles. The number of nitrogens with zero attached hydrogens (tertiary/aromatic N) is 5. The molecule has 0 radical (unpaired) electrons. The molecule has 296 valence electrons. The lowest BCUT2D eigenvalue weighted by Crippen LogP contribution is -2.61. The molecule has 1 aliphatic rings. The highest BCUT2D eigenvalue weighted by atomic mass is 16.6. The number of ether oxygens (including phenoxy) is 2. The first-order chi connectivity index (χ1) is 25.4. The maximum Gasteiger partial charge on any atom is 0.408 e. The second-order valence-electron chi connectivity index (χ2n) is 14.3. The minimum absolute atomic E-state index is 0.0344. The van der Waals surface area contributed by atoms with Gasteiger partial charge in [-0.15, -0.1) is 0 Å². The molecule has 1 fully saturated rings. The Hall–Kier alpha value is -5.62. The molecule has 19 nitrogen and oxygen atoms in total. The van der Waals surface area contributed by atoms with Gasteiger partial charge in [0.05, 0.1) is 23.3 Å². The Bertz CT molecular complexity index is 1690. The molecule has 2 heterocycles. The molecule has 0 spiro atoms. The van der Waals surface area contributed by atoms with Gasteiger partial charge in [-0.1, -0.05) is 46.6 Å². The molecular formula is C35H50N8O11. The zero-order valence-corrected chi connectivity index (χ0v) is 31.8. The summed E-state index contributed by atoms with van der Waals surface area (Å²) in [5, 5.41) is 30.0. The largest absolute Gasteiger partial charge is 0.467 e. The highest BCUT2D eigenvalue weighted by Crippen LogP contribution is 2.39. The van der Waals surface area contributed by atoms with Gasteiger partial charge in [-0.05, 0) is 51.5 Å². The zero-order chi connectivity index (χ0) is 40.5. The summed E-state index contributed by atoms with van der Waals surface area (Å²) in [6.07, 6.45) is 2.73. The monoisotopic (exact) mass is 758 g/mol. The van der Waals surface area contributed by atoms with Crippen LogP contribution in [0.25, 0.3) is 0 Å². The van der Waals surface area contributed by atoms with Gasteiger partial charge in [0.15, 0.2) is 0 Å². The maximum atomic E-state index is 15.0. The van der Waals surface area contributed by atoms with E-state index in [4.69, 9.17) is 9.47 Å². The maximum absolute atomic E-state index is 15.0. The number of methoxy groups -OCH3 is 1. The van der Waals surface area contributed by atoms with Crippen molar-refractivity contribution in [3.05, 3.63) is 56.6 Å². The lowest BCUT2D eigenvalue weighted by Gasteiger charge is -2.38. The van der Waals surface area contributed by atoms with E-state index >= 15 is 4.79 Å². The molecule has 1 aromatic heterocycles. The first-order valence-corrected chi connectivity index (χ1v) is 17.8. The van der Waals surface area contributed by atoms with E-state index in [1.54, 1.807) is 41.5 Å². The van der Waals surface area contributed by atoms with Crippen molar-refractivity contribution in [2.45, 2.75) is 110 Å². The summed E-state index contributed by atoms with van der Waals surface area (Å²) in [5.74, 6) is -4.12. The molecule has 2 aromatic rings. The van der Waals surface area contributed by atoms with E-state index in [-0.39, 0.29) is 25.3 Å². The summed E-state index contributed by atoms with van der Waals surface area (Å²) in [4.78, 5) is 101. The van der Waals surface area contributed by atoms with Crippen LogP contribution in [0.3, 0.4) is 0 Å². The number of aromatic nitrogens is 2. The Labute approximate surface area is 312 Å². The highest BCUT2D eigenvalue weighted by Gasteiger charge is 2.47. The van der Waals surface area contributed by atoms with Crippen LogP contribution in [0.4, 0.5) is 21.9 Å². The number of carbonyl (C=O) groups is 5. The van der Waals surface area contributed by atoms with E-state index < -0.39 is 92.4 Å². The van der Waals surface area contributed by atoms with Crippen molar-refractivity contribution in [1.29, 1.82) is 0 Å². The fraction of sp³-hybridized carbons (Fsp3) is 0.600. The van der Waals surface area contributed by atoms with Crippen LogP contribution >= 0.6 is 0 Å². The van der Waals surface area contributed by atoms with Crippen molar-refractivity contribution < 1.29 is 43.3 Å². The van der Waals surface area contributed by atoms with Crippen molar-refractivity contribution >= 4 is 46.8 Å². The number of likely N-dealkylation sites (tertiary alicyclic amines) is 1. The molecule has 4 amide bonds. The standard InChI is InChI=1S/C35H50N8O11/c1-9-20(3)27(39-34(48)54-35(5,6)7)32(46)41(23-13-11-14-24(42(49)50)29(23)43(51)52)26(17-22-18-36-19-37-22)31(45)40-16-12-15-25(40)30(44)38-28(21(4)10-2)33(47)53-8/h11,13-14,18-21,25-28H,9-10,12,15-17H2,1-8H3,(H,36,37)(H,38,44)(H,39,48)/t20-,21-,25-,26-,27-,28-/m0/s1. The Kier molecular flexibility index (Phi) is 14.6. The van der Waals surface area contributed by atoms with Gasteiger partial charge in [0.2, 0.25) is 11.8 Å². The number of esters is 1. The molecule has 1 aliphatic heterocycles. The summed E-state index contributed by atoms with van der Waals surface area (Å²) in [6, 6.07) is -2.12. The second-order valence-corrected chi connectivity index (χ2v) is 14.3. The van der Waals surface area contributed by atoms with Crippen molar-refractivity contribution in [2.75, 3.05) is 18.6 Å². The van der Waals surface area contributed by atoms with Gasteiger partial charge >= 0.3 is 23.4 Å². The van der Waals surface area contributed by atoms with E-state index in [2.05, 4.69) is 20.6 Å². The number of benzene rings is 1. The third-order valence-electron chi connectivity index (χ3n) is 9.39. The molecule has 0 unspecified atom stereocenters. The Morgan fingerprint density at radius 2 is 1.69 bits per heavy atom. The summed E-state index contributed by atoms with van der Waals surface area (Å²) >= 11 is 0. The van der Waals surface area contributed by atoms with Gasteiger partial charge < -0.3 is 30.0 Å². The molecule has 0 saturated carbocycles. The number of rotatable bonds is 16. The Morgan fingerprint density at radius 3 is 2.22 bits per heavy atom. The third-order valence-corrected chi connectivity index (χ3v) is 9.39. The second kappa shape index (κ2) is 18.4. The van der Waals surface area contributed by atoms with Crippen LogP contribution < -0.4 is 15.5 Å². The average molecular weight is 759 g/mol. The summed E-state index contributed by atoms with van der Waals surface area (Å²) < 4.78 is 10.3. The number of aromatic amines is 1. The van der Waals surface area contributed by atoms with Crippen molar-refractivity contribution in [3.8, 4) is 0 Å². The SMILES string of the molecule is CC[C@H](C)[C@H](NC(=O)[C@@H]1CCCN1C(=O)[C@H](Cc1cnc[nH]1)N(C(=O)[C@@H](NC(=O)OC(C)(C)C)[C@@H](C)CC)c1cccc([N+](=O)[O-])c1[N+](=O)[O-])C(=O)OC. The first-order valence-electron chi connectivity index (χ1n) is 17.8. The number of carbonyl (C=O) groups excluding carboxylic acids is 5. The van der Waals surface area contributed by atoms with Crippen LogP contribution in [0.15, 0.2) is 30.7 Å². The molecule has 0 aliphatic carbocycles. The van der Waals surface area contributed by atoms with E-state index in [1.165, 1.54) is 24.5 Å². The number of nitrogens with one attached hydrogen (secondary N) is 3. The third kappa shape index (κ3) is 10.3. The molecule has 6 atom stereocenters. The number of nitro benzene ring substituents is 2. The van der Waals surface area contributed by atoms with E-state index in [0.717, 1.165) is 23.1 Å². The molecule has 3 N–H and O–H groups in total. The van der Waals surface area contributed by atoms with Crippen LogP contribution in [0.2, 0.25) is 0 Å². The molecule has 19 heteroatoms. The molecule has 54 heavy (non-hydrogen) atoms. The number of amides is 4. The Morgan fingerprint density at radius 1 is 1.04 bits per heavy atom. The van der Waals surface area contributed by atoms with Gasteiger partial charge in [0, 0.05) is 30.9 Å². The molecule has 3 rings (SSSR count). The lowest BCUT2D eigenvalue weighted by atomic mass is 9.95. The summed E-state index contributed by atoms with van der Waals surface area (Å²) in [5.41, 5.74) is -3.26. The van der Waals surface area contributed by atoms with Gasteiger partial charge in [-0.3, -0.25) is 39.5 Å². The number of hydrogen-bond donors (Lipinski definition) is 3. The highest BCUT2D eigenvalue weighted by molar-refractivity contribution is 6.07. The van der Waals surface area contributed by atoms with E-state index in [1.807, 2.05) is 6.92 Å². The van der Waals surface area contributed by atoms with Crippen LogP contribution in [-0.2, 0) is 35.1 Å². The normalized spacial score (nSPS) is 17.0. The van der Waals surface area contributed by atoms with Crippen molar-refractivity contribution in [3.63, 3.8) is 0 Å². The number of H-pyrrole nitrogens is 1.